The SMILES string of the molecule is CN1CC(=O)N(Cc2ccc(C(N)=S)cc2F)C1=O. The fourth-order valence-electron chi connectivity index (χ4n) is 1.82. The second kappa shape index (κ2) is 4.93. The predicted molar refractivity (Wildman–Crippen MR) is 70.9 cm³/mol. The van der Waals surface area contributed by atoms with Crippen LogP contribution in [0.4, 0.5) is 9.18 Å². The molecule has 5 nitrogen and oxygen atoms in total. The number of nitrogens with zero attached hydrogens (tertiary/aromatic N) is 2. The lowest BCUT2D eigenvalue weighted by molar-refractivity contribution is -0.125. The number of carbonyl (C=O) groups excluding carboxylic acids is 2. The van der Waals surface area contributed by atoms with Crippen molar-refractivity contribution in [3.05, 3.63) is 35.1 Å². The number of hydrogen-bond acceptors (Lipinski definition) is 3. The van der Waals surface area contributed by atoms with Crippen molar-refractivity contribution in [3.8, 4) is 0 Å². The molecule has 0 atom stereocenters. The highest BCUT2D eigenvalue weighted by Crippen LogP contribution is 2.17. The van der Waals surface area contributed by atoms with Crippen molar-refractivity contribution in [2.45, 2.75) is 6.54 Å². The third-order valence-corrected chi connectivity index (χ3v) is 3.13. The van der Waals surface area contributed by atoms with Gasteiger partial charge in [-0.3, -0.25) is 9.69 Å². The molecule has 2 rings (SSSR count). The van der Waals surface area contributed by atoms with Gasteiger partial charge in [0.15, 0.2) is 0 Å². The summed E-state index contributed by atoms with van der Waals surface area (Å²) in [6.07, 6.45) is 0. The highest BCUT2D eigenvalue weighted by molar-refractivity contribution is 7.80. The minimum Gasteiger partial charge on any atom is -0.389 e. The number of likely N-dealkylation sites (N-methyl/N-ethyl adjacent to an activating group) is 1. The van der Waals surface area contributed by atoms with E-state index < -0.39 is 11.8 Å². The van der Waals surface area contributed by atoms with E-state index in [0.29, 0.717) is 5.56 Å². The van der Waals surface area contributed by atoms with Crippen LogP contribution in [-0.4, -0.2) is 40.3 Å². The monoisotopic (exact) mass is 281 g/mol. The summed E-state index contributed by atoms with van der Waals surface area (Å²) in [5.41, 5.74) is 6.05. The molecule has 100 valence electrons. The van der Waals surface area contributed by atoms with Gasteiger partial charge in [-0.1, -0.05) is 24.4 Å². The minimum absolute atomic E-state index is 0.0193. The molecule has 1 aliphatic rings. The lowest BCUT2D eigenvalue weighted by Gasteiger charge is -2.15. The third kappa shape index (κ3) is 2.55. The summed E-state index contributed by atoms with van der Waals surface area (Å²) < 4.78 is 13.8. The van der Waals surface area contributed by atoms with E-state index in [-0.39, 0.29) is 29.5 Å². The van der Waals surface area contributed by atoms with Crippen LogP contribution in [0.15, 0.2) is 18.2 Å². The number of amides is 3. The zero-order valence-electron chi connectivity index (χ0n) is 10.2. The molecule has 1 aromatic carbocycles. The standard InChI is InChI=1S/C12H12FN3O2S/c1-15-6-10(17)16(12(15)18)5-8-3-2-7(11(14)19)4-9(8)13/h2-4H,5-6H2,1H3,(H2,14,19). The second-order valence-electron chi connectivity index (χ2n) is 4.29. The van der Waals surface area contributed by atoms with E-state index in [0.717, 1.165) is 4.90 Å². The molecule has 1 saturated heterocycles. The van der Waals surface area contributed by atoms with Crippen molar-refractivity contribution >= 4 is 29.1 Å². The highest BCUT2D eigenvalue weighted by atomic mass is 32.1. The Morgan fingerprint density at radius 3 is 2.63 bits per heavy atom. The van der Waals surface area contributed by atoms with E-state index >= 15 is 0 Å². The van der Waals surface area contributed by atoms with Crippen LogP contribution >= 0.6 is 12.2 Å². The first-order chi connectivity index (χ1) is 8.90. The molecule has 1 heterocycles. The van der Waals surface area contributed by atoms with E-state index in [2.05, 4.69) is 0 Å². The fraction of sp³-hybridized carbons (Fsp3) is 0.250. The molecule has 1 aliphatic heterocycles. The van der Waals surface area contributed by atoms with Crippen molar-refractivity contribution in [1.82, 2.24) is 9.80 Å². The minimum atomic E-state index is -0.541. The Balaban J connectivity index is 2.22. The maximum Gasteiger partial charge on any atom is 0.327 e. The lowest BCUT2D eigenvalue weighted by Crippen LogP contribution is -2.31. The van der Waals surface area contributed by atoms with Crippen LogP contribution in [0.25, 0.3) is 0 Å². The molecule has 2 N–H and O–H groups in total. The van der Waals surface area contributed by atoms with Gasteiger partial charge >= 0.3 is 6.03 Å². The smallest absolute Gasteiger partial charge is 0.327 e. The van der Waals surface area contributed by atoms with Crippen molar-refractivity contribution < 1.29 is 14.0 Å². The summed E-state index contributed by atoms with van der Waals surface area (Å²) in [4.78, 5) is 25.7. The molecular weight excluding hydrogens is 269 g/mol. The number of hydrogen-bond donors (Lipinski definition) is 1. The van der Waals surface area contributed by atoms with Gasteiger partial charge in [-0.15, -0.1) is 0 Å². The molecule has 3 amide bonds. The van der Waals surface area contributed by atoms with Gasteiger partial charge in [-0.05, 0) is 6.07 Å². The van der Waals surface area contributed by atoms with Gasteiger partial charge in [-0.2, -0.15) is 0 Å². The van der Waals surface area contributed by atoms with E-state index in [1.165, 1.54) is 24.1 Å². The van der Waals surface area contributed by atoms with Gasteiger partial charge < -0.3 is 10.6 Å². The Labute approximate surface area is 114 Å². The largest absolute Gasteiger partial charge is 0.389 e. The Hall–Kier alpha value is -2.02. The van der Waals surface area contributed by atoms with Gasteiger partial charge in [0.2, 0.25) is 0 Å². The molecule has 0 unspecified atom stereocenters. The van der Waals surface area contributed by atoms with Crippen LogP contribution in [0.3, 0.4) is 0 Å². The molecule has 1 aromatic rings. The zero-order chi connectivity index (χ0) is 14.2. The van der Waals surface area contributed by atoms with Crippen molar-refractivity contribution in [2.24, 2.45) is 5.73 Å². The Morgan fingerprint density at radius 2 is 2.16 bits per heavy atom. The van der Waals surface area contributed by atoms with Crippen molar-refractivity contribution in [3.63, 3.8) is 0 Å². The summed E-state index contributed by atoms with van der Waals surface area (Å²) in [5.74, 6) is -0.884. The van der Waals surface area contributed by atoms with Crippen LogP contribution < -0.4 is 5.73 Å². The Bertz CT molecular complexity index is 576. The quantitative estimate of drug-likeness (QED) is 0.659. The Kier molecular flexibility index (Phi) is 3.48. The van der Waals surface area contributed by atoms with Crippen molar-refractivity contribution in [1.29, 1.82) is 0 Å². The van der Waals surface area contributed by atoms with E-state index in [4.69, 9.17) is 18.0 Å². The molecule has 19 heavy (non-hydrogen) atoms. The van der Waals surface area contributed by atoms with E-state index in [1.807, 2.05) is 0 Å². The number of nitrogens with two attached hydrogens (primary N) is 1. The molecule has 0 saturated carbocycles. The summed E-state index contributed by atoms with van der Waals surface area (Å²) in [5, 5.41) is 0. The number of rotatable bonds is 3. The first-order valence-electron chi connectivity index (χ1n) is 5.54. The second-order valence-corrected chi connectivity index (χ2v) is 4.73. The number of carbonyl (C=O) groups is 2. The first-order valence-corrected chi connectivity index (χ1v) is 5.94. The van der Waals surface area contributed by atoms with Crippen molar-refractivity contribution in [2.75, 3.05) is 13.6 Å². The number of urea groups is 1. The summed E-state index contributed by atoms with van der Waals surface area (Å²) >= 11 is 4.75. The molecule has 0 spiro atoms. The van der Waals surface area contributed by atoms with Crippen LogP contribution in [0.5, 0.6) is 0 Å². The highest BCUT2D eigenvalue weighted by Gasteiger charge is 2.33. The van der Waals surface area contributed by atoms with Gasteiger partial charge in [0.05, 0.1) is 6.54 Å². The molecule has 0 aliphatic carbocycles. The maximum atomic E-state index is 13.8. The summed E-state index contributed by atoms with van der Waals surface area (Å²) in [6.45, 7) is -0.0725. The van der Waals surface area contributed by atoms with Gasteiger partial charge in [0, 0.05) is 18.2 Å². The average molecular weight is 281 g/mol. The number of thiocarbonyl (C=S) groups is 1. The van der Waals surface area contributed by atoms with Gasteiger partial charge in [0.1, 0.15) is 17.4 Å². The summed E-state index contributed by atoms with van der Waals surface area (Å²) in [6, 6.07) is 3.81. The van der Waals surface area contributed by atoms with Crippen LogP contribution in [-0.2, 0) is 11.3 Å². The molecular formula is C12H12FN3O2S. The molecule has 0 bridgehead atoms. The van der Waals surface area contributed by atoms with E-state index in [1.54, 1.807) is 6.07 Å². The molecule has 1 fully saturated rings. The molecule has 0 radical (unpaired) electrons. The maximum absolute atomic E-state index is 13.8. The van der Waals surface area contributed by atoms with Crippen LogP contribution in [0.2, 0.25) is 0 Å². The third-order valence-electron chi connectivity index (χ3n) is 2.90. The molecule has 7 heteroatoms. The normalized spacial score (nSPS) is 15.3. The number of halogens is 1. The van der Waals surface area contributed by atoms with Crippen LogP contribution in [0.1, 0.15) is 11.1 Å². The van der Waals surface area contributed by atoms with Crippen LogP contribution in [0, 0.1) is 5.82 Å². The Morgan fingerprint density at radius 1 is 1.47 bits per heavy atom. The predicted octanol–water partition coefficient (Wildman–Crippen LogP) is 0.854. The van der Waals surface area contributed by atoms with E-state index in [9.17, 15) is 14.0 Å². The first kappa shape index (κ1) is 13.4. The number of benzene rings is 1. The molecule has 0 aromatic heterocycles. The average Bonchev–Trinajstić information content (AvgIpc) is 2.58. The lowest BCUT2D eigenvalue weighted by atomic mass is 10.1. The fourth-order valence-corrected chi connectivity index (χ4v) is 1.95. The number of imide groups is 1. The van der Waals surface area contributed by atoms with Gasteiger partial charge in [-0.25, -0.2) is 9.18 Å². The topological polar surface area (TPSA) is 66.6 Å². The van der Waals surface area contributed by atoms with Gasteiger partial charge in [0.25, 0.3) is 5.91 Å². The summed E-state index contributed by atoms with van der Waals surface area (Å²) in [7, 11) is 1.52. The zero-order valence-corrected chi connectivity index (χ0v) is 11.0.